The highest BCUT2D eigenvalue weighted by Crippen LogP contribution is 2.34. The zero-order valence-corrected chi connectivity index (χ0v) is 20.5. The molecule has 0 radical (unpaired) electrons. The molecule has 4 N–H and O–H groups in total. The van der Waals surface area contributed by atoms with Crippen molar-refractivity contribution in [1.29, 1.82) is 0 Å². The van der Waals surface area contributed by atoms with Gasteiger partial charge in [0.25, 0.3) is 0 Å². The summed E-state index contributed by atoms with van der Waals surface area (Å²) in [5.74, 6) is 1.49. The van der Waals surface area contributed by atoms with Gasteiger partial charge in [-0.2, -0.15) is 0 Å². The normalized spacial score (nSPS) is 24.8. The summed E-state index contributed by atoms with van der Waals surface area (Å²) in [7, 11) is 0. The van der Waals surface area contributed by atoms with Crippen LogP contribution in [-0.2, 0) is 11.2 Å². The third kappa shape index (κ3) is 6.84. The van der Waals surface area contributed by atoms with E-state index in [1.165, 1.54) is 19.4 Å². The van der Waals surface area contributed by atoms with Crippen molar-refractivity contribution in [1.82, 2.24) is 15.1 Å². The Morgan fingerprint density at radius 3 is 2.73 bits per heavy atom. The summed E-state index contributed by atoms with van der Waals surface area (Å²) in [6.07, 6.45) is 6.42. The lowest BCUT2D eigenvalue weighted by molar-refractivity contribution is -0.122. The smallest absolute Gasteiger partial charge is 0.243 e. The second-order valence-electron chi connectivity index (χ2n) is 10.6. The van der Waals surface area contributed by atoms with E-state index in [0.717, 1.165) is 69.0 Å². The molecule has 4 rings (SSSR count). The van der Waals surface area contributed by atoms with Crippen LogP contribution in [0, 0.1) is 5.92 Å². The van der Waals surface area contributed by atoms with Crippen LogP contribution < -0.4 is 21.1 Å². The summed E-state index contributed by atoms with van der Waals surface area (Å²) in [5, 5.41) is 6.72. The Bertz CT molecular complexity index is 778. The first-order chi connectivity index (χ1) is 16.0. The molecule has 0 bridgehead atoms. The topological polar surface area (TPSA) is 82.9 Å². The maximum Gasteiger partial charge on any atom is 0.243 e. The number of carbonyl (C=O) groups excluding carboxylic acids is 1. The number of rotatable bonds is 8. The van der Waals surface area contributed by atoms with Crippen LogP contribution in [0.15, 0.2) is 18.2 Å². The van der Waals surface area contributed by atoms with Crippen molar-refractivity contribution in [3.8, 4) is 5.75 Å². The number of hydrogen-bond donors (Lipinski definition) is 3. The first kappa shape index (κ1) is 24.3. The van der Waals surface area contributed by atoms with Gasteiger partial charge in [0.2, 0.25) is 5.91 Å². The Morgan fingerprint density at radius 2 is 1.94 bits per heavy atom. The summed E-state index contributed by atoms with van der Waals surface area (Å²) in [6.45, 7) is 11.5. The first-order valence-corrected chi connectivity index (χ1v) is 13.0. The number of ether oxygens (including phenoxy) is 1. The average molecular weight is 458 g/mol. The van der Waals surface area contributed by atoms with Gasteiger partial charge < -0.3 is 30.9 Å². The average Bonchev–Trinajstić information content (AvgIpc) is 3.14. The Balaban J connectivity index is 1.19. The third-order valence-electron chi connectivity index (χ3n) is 7.22. The van der Waals surface area contributed by atoms with Crippen LogP contribution in [0.3, 0.4) is 0 Å². The highest BCUT2D eigenvalue weighted by molar-refractivity contribution is 5.88. The van der Waals surface area contributed by atoms with Gasteiger partial charge in [-0.15, -0.1) is 0 Å². The molecule has 184 valence electrons. The molecule has 2 fully saturated rings. The van der Waals surface area contributed by atoms with Gasteiger partial charge in [-0.25, -0.2) is 0 Å². The van der Waals surface area contributed by atoms with Crippen molar-refractivity contribution in [3.05, 3.63) is 23.8 Å². The number of anilines is 1. The van der Waals surface area contributed by atoms with Crippen molar-refractivity contribution in [2.75, 3.05) is 51.2 Å². The lowest BCUT2D eigenvalue weighted by Gasteiger charge is -2.34. The van der Waals surface area contributed by atoms with Gasteiger partial charge in [0.1, 0.15) is 11.8 Å². The number of nitrogens with one attached hydrogen (secondary N) is 2. The Hall–Kier alpha value is -1.83. The predicted octanol–water partition coefficient (Wildman–Crippen LogP) is 2.45. The molecule has 7 heteroatoms. The van der Waals surface area contributed by atoms with Crippen molar-refractivity contribution < 1.29 is 9.53 Å². The lowest BCUT2D eigenvalue weighted by atomic mass is 10.0. The van der Waals surface area contributed by atoms with Gasteiger partial charge in [-0.1, -0.05) is 26.3 Å². The van der Waals surface area contributed by atoms with E-state index in [-0.39, 0.29) is 18.0 Å². The molecule has 0 aromatic heterocycles. The minimum atomic E-state index is -0.214. The molecule has 0 spiro atoms. The second kappa shape index (κ2) is 11.5. The second-order valence-corrected chi connectivity index (χ2v) is 10.6. The molecule has 7 nitrogen and oxygen atoms in total. The summed E-state index contributed by atoms with van der Waals surface area (Å²) in [6, 6.07) is 6.44. The zero-order valence-electron chi connectivity index (χ0n) is 20.5. The molecular weight excluding hydrogens is 414 g/mol. The summed E-state index contributed by atoms with van der Waals surface area (Å²) >= 11 is 0. The molecule has 33 heavy (non-hydrogen) atoms. The maximum absolute atomic E-state index is 13.0. The third-order valence-corrected chi connectivity index (χ3v) is 7.22. The summed E-state index contributed by atoms with van der Waals surface area (Å²) < 4.78 is 5.99. The molecule has 3 aliphatic heterocycles. The van der Waals surface area contributed by atoms with Gasteiger partial charge in [0.05, 0.1) is 6.61 Å². The number of hydrogen-bond acceptors (Lipinski definition) is 6. The summed E-state index contributed by atoms with van der Waals surface area (Å²) in [5.41, 5.74) is 8.36. The number of benzene rings is 1. The van der Waals surface area contributed by atoms with Crippen LogP contribution in [0.25, 0.3) is 0 Å². The number of nitrogens with zero attached hydrogens (tertiary/aromatic N) is 2. The van der Waals surface area contributed by atoms with E-state index >= 15 is 0 Å². The fraction of sp³-hybridized carbons (Fsp3) is 0.731. The lowest BCUT2D eigenvalue weighted by Crippen LogP contribution is -2.50. The van der Waals surface area contributed by atoms with Crippen LogP contribution in [0.4, 0.5) is 5.69 Å². The predicted molar refractivity (Wildman–Crippen MR) is 134 cm³/mol. The molecule has 2 unspecified atom stereocenters. The van der Waals surface area contributed by atoms with Crippen molar-refractivity contribution in [2.45, 2.75) is 70.5 Å². The Labute approximate surface area is 199 Å². The number of nitrogens with two attached hydrogens (primary N) is 1. The molecule has 1 aromatic carbocycles. The minimum Gasteiger partial charge on any atom is -0.493 e. The van der Waals surface area contributed by atoms with E-state index in [9.17, 15) is 4.79 Å². The van der Waals surface area contributed by atoms with E-state index in [1.807, 2.05) is 18.2 Å². The SMILES string of the molecule is CC(C)COc1cccc2c1CC(C(=O)NC1CCN(CCN3CCCCC(N)C3)CC1)N2. The largest absolute Gasteiger partial charge is 0.493 e. The molecule has 0 aliphatic carbocycles. The molecule has 3 heterocycles. The highest BCUT2D eigenvalue weighted by Gasteiger charge is 2.31. The fourth-order valence-electron chi connectivity index (χ4n) is 5.25. The van der Waals surface area contributed by atoms with Crippen LogP contribution in [0.2, 0.25) is 0 Å². The van der Waals surface area contributed by atoms with Gasteiger partial charge >= 0.3 is 0 Å². The van der Waals surface area contributed by atoms with Crippen molar-refractivity contribution in [3.63, 3.8) is 0 Å². The number of fused-ring (bicyclic) bond motifs is 1. The Morgan fingerprint density at radius 1 is 1.15 bits per heavy atom. The van der Waals surface area contributed by atoms with Gasteiger partial charge in [-0.3, -0.25) is 4.79 Å². The monoisotopic (exact) mass is 457 g/mol. The van der Waals surface area contributed by atoms with E-state index in [4.69, 9.17) is 10.5 Å². The highest BCUT2D eigenvalue weighted by atomic mass is 16.5. The number of carbonyl (C=O) groups is 1. The number of likely N-dealkylation sites (tertiary alicyclic amines) is 2. The molecule has 1 aromatic rings. The van der Waals surface area contributed by atoms with E-state index in [0.29, 0.717) is 25.0 Å². The van der Waals surface area contributed by atoms with Gasteiger partial charge in [0, 0.05) is 62.5 Å². The first-order valence-electron chi connectivity index (χ1n) is 13.0. The van der Waals surface area contributed by atoms with E-state index < -0.39 is 0 Å². The van der Waals surface area contributed by atoms with E-state index in [2.05, 4.69) is 34.3 Å². The Kier molecular flexibility index (Phi) is 8.50. The molecule has 3 aliphatic rings. The minimum absolute atomic E-state index is 0.109. The van der Waals surface area contributed by atoms with Crippen LogP contribution in [0.5, 0.6) is 5.75 Å². The molecule has 1 amide bonds. The molecule has 2 atom stereocenters. The molecular formula is C26H43N5O2. The zero-order chi connectivity index (χ0) is 23.2. The summed E-state index contributed by atoms with van der Waals surface area (Å²) in [4.78, 5) is 18.1. The van der Waals surface area contributed by atoms with Crippen molar-refractivity contribution >= 4 is 11.6 Å². The fourth-order valence-corrected chi connectivity index (χ4v) is 5.25. The number of piperidine rings is 1. The van der Waals surface area contributed by atoms with Crippen LogP contribution in [-0.4, -0.2) is 79.7 Å². The van der Waals surface area contributed by atoms with Crippen molar-refractivity contribution in [2.24, 2.45) is 11.7 Å². The quantitative estimate of drug-likeness (QED) is 0.556. The van der Waals surface area contributed by atoms with Gasteiger partial charge in [0.15, 0.2) is 0 Å². The molecule has 0 saturated carbocycles. The number of amides is 1. The standard InChI is InChI=1S/C26H43N5O2/c1-19(2)18-33-25-8-5-7-23-22(25)16-24(29-23)26(32)28-21-9-12-30(13-10-21)14-15-31-11-4-3-6-20(27)17-31/h5,7-8,19-21,24,29H,3-4,6,9-18,27H2,1-2H3,(H,28,32). The maximum atomic E-state index is 13.0. The van der Waals surface area contributed by atoms with Crippen LogP contribution in [0.1, 0.15) is 51.5 Å². The van der Waals surface area contributed by atoms with Crippen LogP contribution >= 0.6 is 0 Å². The van der Waals surface area contributed by atoms with Gasteiger partial charge in [-0.05, 0) is 50.3 Å². The molecule has 2 saturated heterocycles. The van der Waals surface area contributed by atoms with E-state index in [1.54, 1.807) is 0 Å².